The van der Waals surface area contributed by atoms with Crippen molar-refractivity contribution in [3.63, 3.8) is 0 Å². The maximum Gasteiger partial charge on any atom is 0.316 e. The highest BCUT2D eigenvalue weighted by Gasteiger charge is 2.11. The minimum Gasteiger partial charge on any atom is -0.455 e. The molecule has 1 aromatic carbocycles. The Balaban J connectivity index is 1.46. The Labute approximate surface area is 145 Å². The third-order valence-electron chi connectivity index (χ3n) is 2.73. The number of benzene rings is 1. The Kier molecular flexibility index (Phi) is 5.32. The van der Waals surface area contributed by atoms with E-state index in [-0.39, 0.29) is 24.2 Å². The highest BCUT2D eigenvalue weighted by atomic mass is 35.5. The molecule has 0 saturated heterocycles. The number of rotatable bonds is 6. The van der Waals surface area contributed by atoms with Crippen LogP contribution in [0.5, 0.6) is 0 Å². The van der Waals surface area contributed by atoms with Crippen LogP contribution in [0.2, 0.25) is 5.02 Å². The van der Waals surface area contributed by atoms with Gasteiger partial charge in [-0.25, -0.2) is 0 Å². The van der Waals surface area contributed by atoms with Gasteiger partial charge in [-0.15, -0.1) is 33.3 Å². The number of ether oxygens (including phenoxy) is 1. The predicted octanol–water partition coefficient (Wildman–Crippen LogP) is 4.29. The molecule has 3 aromatic rings. The molecule has 3 rings (SSSR count). The molecule has 0 radical (unpaired) electrons. The molecule has 0 bridgehead atoms. The van der Waals surface area contributed by atoms with Crippen LogP contribution in [0.15, 0.2) is 51.1 Å². The van der Waals surface area contributed by atoms with Gasteiger partial charge in [0.15, 0.2) is 6.61 Å². The van der Waals surface area contributed by atoms with Crippen LogP contribution in [-0.2, 0) is 16.1 Å². The Morgan fingerprint density at radius 3 is 2.83 bits per heavy atom. The number of hydrogen-bond donors (Lipinski definition) is 0. The third-order valence-corrected chi connectivity index (χ3v) is 4.82. The SMILES string of the molecule is O=C(CSc1ccc(Cl)cc1)OCc1nnc(-c2cccs2)o1. The van der Waals surface area contributed by atoms with Crippen molar-refractivity contribution in [1.29, 1.82) is 0 Å². The summed E-state index contributed by atoms with van der Waals surface area (Å²) < 4.78 is 10.6. The minimum atomic E-state index is -0.346. The van der Waals surface area contributed by atoms with Crippen LogP contribution in [0.4, 0.5) is 0 Å². The molecule has 0 aliphatic rings. The van der Waals surface area contributed by atoms with Gasteiger partial charge < -0.3 is 9.15 Å². The largest absolute Gasteiger partial charge is 0.455 e. The first kappa shape index (κ1) is 16.0. The monoisotopic (exact) mass is 366 g/mol. The van der Waals surface area contributed by atoms with Gasteiger partial charge in [0, 0.05) is 9.92 Å². The Morgan fingerprint density at radius 2 is 2.09 bits per heavy atom. The van der Waals surface area contributed by atoms with Crippen LogP contribution in [0.3, 0.4) is 0 Å². The van der Waals surface area contributed by atoms with Gasteiger partial charge in [-0.05, 0) is 35.7 Å². The molecule has 0 saturated carbocycles. The van der Waals surface area contributed by atoms with Gasteiger partial charge in [0.25, 0.3) is 11.8 Å². The molecule has 0 unspecified atom stereocenters. The van der Waals surface area contributed by atoms with E-state index in [0.29, 0.717) is 10.9 Å². The van der Waals surface area contributed by atoms with E-state index < -0.39 is 0 Å². The lowest BCUT2D eigenvalue weighted by Crippen LogP contribution is -2.07. The fourth-order valence-electron chi connectivity index (χ4n) is 1.67. The number of hydrogen-bond acceptors (Lipinski definition) is 7. The van der Waals surface area contributed by atoms with Crippen LogP contribution in [-0.4, -0.2) is 21.9 Å². The van der Waals surface area contributed by atoms with Crippen molar-refractivity contribution in [1.82, 2.24) is 10.2 Å². The molecule has 23 heavy (non-hydrogen) atoms. The lowest BCUT2D eigenvalue weighted by Gasteiger charge is -2.02. The van der Waals surface area contributed by atoms with E-state index in [1.807, 2.05) is 29.6 Å². The second kappa shape index (κ2) is 7.63. The van der Waals surface area contributed by atoms with E-state index in [4.69, 9.17) is 20.8 Å². The number of halogens is 1. The van der Waals surface area contributed by atoms with E-state index in [9.17, 15) is 4.79 Å². The summed E-state index contributed by atoms with van der Waals surface area (Å²) >= 11 is 8.69. The van der Waals surface area contributed by atoms with Crippen LogP contribution in [0, 0.1) is 0 Å². The van der Waals surface area contributed by atoms with Crippen LogP contribution in [0.25, 0.3) is 10.8 Å². The summed E-state index contributed by atoms with van der Waals surface area (Å²) in [5.74, 6) is 0.564. The fraction of sp³-hybridized carbons (Fsp3) is 0.133. The van der Waals surface area contributed by atoms with Gasteiger partial charge in [0.2, 0.25) is 0 Å². The fourth-order valence-corrected chi connectivity index (χ4v) is 3.14. The van der Waals surface area contributed by atoms with Crippen molar-refractivity contribution in [2.45, 2.75) is 11.5 Å². The summed E-state index contributed by atoms with van der Waals surface area (Å²) in [5.41, 5.74) is 0. The Morgan fingerprint density at radius 1 is 1.26 bits per heavy atom. The molecule has 0 aliphatic heterocycles. The predicted molar refractivity (Wildman–Crippen MR) is 89.6 cm³/mol. The third kappa shape index (κ3) is 4.57. The molecule has 0 spiro atoms. The first-order valence-electron chi connectivity index (χ1n) is 6.61. The average molecular weight is 367 g/mol. The standard InChI is InChI=1S/C15H11ClN2O3S2/c16-10-3-5-11(6-4-10)23-9-14(19)20-8-13-17-18-15(21-13)12-2-1-7-22-12/h1-7H,8-9H2. The van der Waals surface area contributed by atoms with Crippen LogP contribution in [0.1, 0.15) is 5.89 Å². The first-order chi connectivity index (χ1) is 11.2. The number of thioether (sulfide) groups is 1. The number of nitrogens with zero attached hydrogens (tertiary/aromatic N) is 2. The number of aromatic nitrogens is 2. The highest BCUT2D eigenvalue weighted by molar-refractivity contribution is 8.00. The van der Waals surface area contributed by atoms with Crippen LogP contribution >= 0.6 is 34.7 Å². The van der Waals surface area contributed by atoms with Gasteiger partial charge in [0.05, 0.1) is 10.6 Å². The van der Waals surface area contributed by atoms with Gasteiger partial charge in [-0.3, -0.25) is 4.79 Å². The maximum absolute atomic E-state index is 11.7. The molecule has 0 fully saturated rings. The number of thiophene rings is 1. The number of esters is 1. The molecule has 0 amide bonds. The minimum absolute atomic E-state index is 0.0294. The summed E-state index contributed by atoms with van der Waals surface area (Å²) in [4.78, 5) is 13.6. The van der Waals surface area contributed by atoms with Gasteiger partial charge in [0.1, 0.15) is 0 Å². The molecule has 2 aromatic heterocycles. The zero-order valence-electron chi connectivity index (χ0n) is 11.8. The zero-order valence-corrected chi connectivity index (χ0v) is 14.2. The van der Waals surface area contributed by atoms with Crippen molar-refractivity contribution >= 4 is 40.7 Å². The molecule has 2 heterocycles. The zero-order chi connectivity index (χ0) is 16.1. The second-order valence-electron chi connectivity index (χ2n) is 4.38. The maximum atomic E-state index is 11.7. The Bertz CT molecular complexity index is 772. The van der Waals surface area contributed by atoms with E-state index in [1.54, 1.807) is 12.1 Å². The lowest BCUT2D eigenvalue weighted by molar-refractivity contribution is -0.142. The van der Waals surface area contributed by atoms with Gasteiger partial charge in [-0.2, -0.15) is 0 Å². The van der Waals surface area contributed by atoms with Crippen molar-refractivity contribution in [3.8, 4) is 10.8 Å². The molecule has 5 nitrogen and oxygen atoms in total. The van der Waals surface area contributed by atoms with Gasteiger partial charge in [-0.1, -0.05) is 17.7 Å². The average Bonchev–Trinajstić information content (AvgIpc) is 3.23. The molecule has 8 heteroatoms. The summed E-state index contributed by atoms with van der Waals surface area (Å²) in [6.07, 6.45) is 0. The first-order valence-corrected chi connectivity index (χ1v) is 8.85. The van der Waals surface area contributed by atoms with E-state index in [0.717, 1.165) is 9.77 Å². The summed E-state index contributed by atoms with van der Waals surface area (Å²) in [5, 5.41) is 10.4. The highest BCUT2D eigenvalue weighted by Crippen LogP contribution is 2.23. The summed E-state index contributed by atoms with van der Waals surface area (Å²) in [6, 6.07) is 11.0. The van der Waals surface area contributed by atoms with Crippen molar-refractivity contribution in [2.24, 2.45) is 0 Å². The second-order valence-corrected chi connectivity index (χ2v) is 6.81. The van der Waals surface area contributed by atoms with E-state index in [1.165, 1.54) is 23.1 Å². The molecular weight excluding hydrogens is 356 g/mol. The number of carbonyl (C=O) groups excluding carboxylic acids is 1. The Hall–Kier alpha value is -1.83. The van der Waals surface area contributed by atoms with Crippen LogP contribution < -0.4 is 0 Å². The summed E-state index contributed by atoms with van der Waals surface area (Å²) in [6.45, 7) is -0.0294. The molecule has 0 aliphatic carbocycles. The lowest BCUT2D eigenvalue weighted by atomic mass is 10.4. The quantitative estimate of drug-likeness (QED) is 0.479. The van der Waals surface area contributed by atoms with Crippen molar-refractivity contribution in [3.05, 3.63) is 52.7 Å². The number of carbonyl (C=O) groups is 1. The van der Waals surface area contributed by atoms with Crippen molar-refractivity contribution in [2.75, 3.05) is 5.75 Å². The molecule has 118 valence electrons. The van der Waals surface area contributed by atoms with E-state index >= 15 is 0 Å². The molecule has 0 N–H and O–H groups in total. The van der Waals surface area contributed by atoms with E-state index in [2.05, 4.69) is 10.2 Å². The van der Waals surface area contributed by atoms with Crippen molar-refractivity contribution < 1.29 is 13.9 Å². The summed E-state index contributed by atoms with van der Waals surface area (Å²) in [7, 11) is 0. The van der Waals surface area contributed by atoms with Gasteiger partial charge >= 0.3 is 5.97 Å². The smallest absolute Gasteiger partial charge is 0.316 e. The topological polar surface area (TPSA) is 65.2 Å². The molecular formula is C15H11ClN2O3S2. The molecule has 0 atom stereocenters. The normalized spacial score (nSPS) is 10.7.